The Morgan fingerprint density at radius 1 is 1.47 bits per heavy atom. The van der Waals surface area contributed by atoms with Gasteiger partial charge in [0.05, 0.1) is 17.3 Å². The number of likely N-dealkylation sites (N-methyl/N-ethyl adjacent to an activating group) is 1. The minimum Gasteiger partial charge on any atom is -0.461 e. The average molecular weight is 426 g/mol. The summed E-state index contributed by atoms with van der Waals surface area (Å²) >= 11 is 1.42. The maximum absolute atomic E-state index is 12.1. The van der Waals surface area contributed by atoms with Crippen molar-refractivity contribution in [2.75, 3.05) is 20.2 Å². The topological polar surface area (TPSA) is 97.6 Å². The van der Waals surface area contributed by atoms with Gasteiger partial charge in [-0.1, -0.05) is 12.0 Å². The molecule has 1 N–H and O–H groups in total. The first-order valence-corrected chi connectivity index (χ1v) is 10.2. The highest BCUT2D eigenvalue weighted by atomic mass is 32.1. The molecular weight excluding hydrogens is 404 g/mol. The normalized spacial score (nSPS) is 15.6. The van der Waals surface area contributed by atoms with Crippen molar-refractivity contribution in [3.8, 4) is 18.0 Å². The number of carbonyl (C=O) groups is 2. The molecule has 156 valence electrons. The van der Waals surface area contributed by atoms with Gasteiger partial charge in [0.1, 0.15) is 10.8 Å². The molecule has 1 atom stereocenters. The summed E-state index contributed by atoms with van der Waals surface area (Å²) in [6.07, 6.45) is 5.31. The summed E-state index contributed by atoms with van der Waals surface area (Å²) in [6.45, 7) is 4.65. The SMILES string of the molecule is C#Cc1cccc(-n2nc(C(=O)OCC)c3sc(C)nc32)c1.CN1CCC(O)C1=O. The lowest BCUT2D eigenvalue weighted by Gasteiger charge is -2.04. The highest BCUT2D eigenvalue weighted by Crippen LogP contribution is 2.28. The number of aliphatic hydroxyl groups is 1. The number of carbonyl (C=O) groups excluding carboxylic acids is 2. The largest absolute Gasteiger partial charge is 0.461 e. The number of ether oxygens (including phenoxy) is 1. The quantitative estimate of drug-likeness (QED) is 0.509. The number of aliphatic hydroxyl groups excluding tert-OH is 1. The molecule has 0 bridgehead atoms. The molecule has 8 nitrogen and oxygen atoms in total. The summed E-state index contributed by atoms with van der Waals surface area (Å²) in [6, 6.07) is 7.39. The van der Waals surface area contributed by atoms with E-state index in [-0.39, 0.29) is 11.6 Å². The van der Waals surface area contributed by atoms with Crippen molar-refractivity contribution >= 4 is 33.6 Å². The van der Waals surface area contributed by atoms with Gasteiger partial charge in [0, 0.05) is 19.2 Å². The summed E-state index contributed by atoms with van der Waals surface area (Å²) in [4.78, 5) is 28.7. The zero-order valence-corrected chi connectivity index (χ0v) is 17.8. The minimum absolute atomic E-state index is 0.148. The van der Waals surface area contributed by atoms with Crippen LogP contribution in [0.15, 0.2) is 24.3 Å². The van der Waals surface area contributed by atoms with E-state index in [2.05, 4.69) is 16.0 Å². The first kappa shape index (κ1) is 21.5. The van der Waals surface area contributed by atoms with E-state index in [1.165, 1.54) is 16.2 Å². The number of hydrogen-bond acceptors (Lipinski definition) is 7. The van der Waals surface area contributed by atoms with Crippen molar-refractivity contribution in [1.82, 2.24) is 19.7 Å². The number of benzene rings is 1. The molecule has 1 aliphatic heterocycles. The van der Waals surface area contributed by atoms with Crippen LogP contribution in [0.5, 0.6) is 0 Å². The van der Waals surface area contributed by atoms with E-state index in [9.17, 15) is 9.59 Å². The maximum atomic E-state index is 12.1. The molecule has 30 heavy (non-hydrogen) atoms. The lowest BCUT2D eigenvalue weighted by Crippen LogP contribution is -2.24. The van der Waals surface area contributed by atoms with Crippen molar-refractivity contribution in [3.05, 3.63) is 40.5 Å². The molecule has 1 saturated heterocycles. The number of thiazole rings is 1. The van der Waals surface area contributed by atoms with Crippen molar-refractivity contribution < 1.29 is 19.4 Å². The van der Waals surface area contributed by atoms with Gasteiger partial charge in [-0.2, -0.15) is 5.10 Å². The molecule has 0 saturated carbocycles. The molecule has 3 aromatic rings. The molecule has 0 radical (unpaired) electrons. The number of amides is 1. The van der Waals surface area contributed by atoms with Gasteiger partial charge in [-0.3, -0.25) is 4.79 Å². The number of esters is 1. The Kier molecular flexibility index (Phi) is 6.50. The van der Waals surface area contributed by atoms with Gasteiger partial charge in [-0.15, -0.1) is 17.8 Å². The fourth-order valence-corrected chi connectivity index (χ4v) is 3.82. The Bertz CT molecular complexity index is 1120. The lowest BCUT2D eigenvalue weighted by atomic mass is 10.2. The van der Waals surface area contributed by atoms with Crippen LogP contribution in [-0.2, 0) is 9.53 Å². The standard InChI is InChI=1S/C16H13N3O2S.C5H9NO2/c1-4-11-7-6-8-12(9-11)19-15-14(22-10(3)17-15)13(18-19)16(20)21-5-2;1-6-3-2-4(7)5(6)8/h1,6-9H,5H2,2-3H3;4,7H,2-3H2,1H3. The molecule has 3 heterocycles. The van der Waals surface area contributed by atoms with Crippen molar-refractivity contribution in [1.29, 1.82) is 0 Å². The zero-order valence-electron chi connectivity index (χ0n) is 17.0. The third-order valence-electron chi connectivity index (χ3n) is 4.46. The van der Waals surface area contributed by atoms with E-state index in [1.807, 2.05) is 31.2 Å². The fraction of sp³-hybridized carbons (Fsp3) is 0.333. The van der Waals surface area contributed by atoms with E-state index in [0.29, 0.717) is 25.2 Å². The molecule has 1 amide bonds. The van der Waals surface area contributed by atoms with Crippen LogP contribution in [0.2, 0.25) is 0 Å². The van der Waals surface area contributed by atoms with Gasteiger partial charge in [-0.25, -0.2) is 14.5 Å². The Balaban J connectivity index is 0.000000269. The molecule has 9 heteroatoms. The summed E-state index contributed by atoms with van der Waals surface area (Å²) in [5.41, 5.74) is 2.43. The maximum Gasteiger partial charge on any atom is 0.360 e. The Morgan fingerprint density at radius 2 is 2.23 bits per heavy atom. The fourth-order valence-electron chi connectivity index (χ4n) is 2.95. The van der Waals surface area contributed by atoms with Gasteiger partial charge >= 0.3 is 5.97 Å². The molecule has 1 aromatic carbocycles. The third kappa shape index (κ3) is 4.35. The summed E-state index contributed by atoms with van der Waals surface area (Å²) in [5.74, 6) is 2.00. The molecule has 2 aromatic heterocycles. The predicted octanol–water partition coefficient (Wildman–Crippen LogP) is 2.16. The molecule has 0 aliphatic carbocycles. The highest BCUT2D eigenvalue weighted by Gasteiger charge is 2.26. The van der Waals surface area contributed by atoms with E-state index < -0.39 is 12.1 Å². The number of nitrogens with zero attached hydrogens (tertiary/aromatic N) is 4. The molecule has 1 fully saturated rings. The number of aromatic nitrogens is 3. The number of rotatable bonds is 3. The molecule has 4 rings (SSSR count). The van der Waals surface area contributed by atoms with Gasteiger partial charge in [0.25, 0.3) is 5.91 Å². The van der Waals surface area contributed by atoms with Crippen LogP contribution in [0.4, 0.5) is 0 Å². The lowest BCUT2D eigenvalue weighted by molar-refractivity contribution is -0.133. The second-order valence-corrected chi connectivity index (χ2v) is 7.83. The van der Waals surface area contributed by atoms with Crippen LogP contribution in [0.3, 0.4) is 0 Å². The van der Waals surface area contributed by atoms with Gasteiger partial charge in [0.2, 0.25) is 0 Å². The second-order valence-electron chi connectivity index (χ2n) is 6.63. The smallest absolute Gasteiger partial charge is 0.360 e. The Hall–Kier alpha value is -3.22. The Morgan fingerprint density at radius 3 is 2.80 bits per heavy atom. The van der Waals surface area contributed by atoms with Crippen molar-refractivity contribution in [3.63, 3.8) is 0 Å². The van der Waals surface area contributed by atoms with Crippen LogP contribution in [0.25, 0.3) is 16.0 Å². The summed E-state index contributed by atoms with van der Waals surface area (Å²) in [7, 11) is 1.69. The van der Waals surface area contributed by atoms with Crippen LogP contribution in [-0.4, -0.2) is 63.0 Å². The van der Waals surface area contributed by atoms with Crippen LogP contribution >= 0.6 is 11.3 Å². The monoisotopic (exact) mass is 426 g/mol. The number of hydrogen-bond donors (Lipinski definition) is 1. The summed E-state index contributed by atoms with van der Waals surface area (Å²) in [5, 5.41) is 14.0. The van der Waals surface area contributed by atoms with E-state index in [4.69, 9.17) is 16.3 Å². The number of fused-ring (bicyclic) bond motifs is 1. The van der Waals surface area contributed by atoms with Gasteiger partial charge in [0.15, 0.2) is 11.3 Å². The number of terminal acetylenes is 1. The van der Waals surface area contributed by atoms with E-state index in [1.54, 1.807) is 18.7 Å². The number of aryl methyl sites for hydroxylation is 1. The van der Waals surface area contributed by atoms with Gasteiger partial charge < -0.3 is 14.7 Å². The molecular formula is C21H22N4O4S. The second kappa shape index (κ2) is 9.07. The van der Waals surface area contributed by atoms with Crippen LogP contribution in [0.1, 0.15) is 34.4 Å². The minimum atomic E-state index is -0.722. The van der Waals surface area contributed by atoms with Gasteiger partial charge in [-0.05, 0) is 38.5 Å². The Labute approximate surface area is 178 Å². The third-order valence-corrected chi connectivity index (χ3v) is 5.42. The number of likely N-dealkylation sites (tertiary alicyclic amines) is 1. The molecule has 0 spiro atoms. The summed E-state index contributed by atoms with van der Waals surface area (Å²) < 4.78 is 7.43. The van der Waals surface area contributed by atoms with Crippen LogP contribution in [0, 0.1) is 19.3 Å². The molecule has 1 aliphatic rings. The first-order valence-electron chi connectivity index (χ1n) is 9.39. The van der Waals surface area contributed by atoms with Crippen LogP contribution < -0.4 is 0 Å². The van der Waals surface area contributed by atoms with Crippen molar-refractivity contribution in [2.45, 2.75) is 26.4 Å². The van der Waals surface area contributed by atoms with E-state index in [0.717, 1.165) is 21.0 Å². The van der Waals surface area contributed by atoms with E-state index >= 15 is 0 Å². The predicted molar refractivity (Wildman–Crippen MR) is 114 cm³/mol. The molecule has 1 unspecified atom stereocenters. The van der Waals surface area contributed by atoms with Crippen molar-refractivity contribution in [2.24, 2.45) is 0 Å². The average Bonchev–Trinajstić information content (AvgIpc) is 3.37. The highest BCUT2D eigenvalue weighted by molar-refractivity contribution is 7.18. The zero-order chi connectivity index (χ0) is 21.8. The first-order chi connectivity index (χ1) is 14.3.